The second-order valence-corrected chi connectivity index (χ2v) is 6.87. The van der Waals surface area contributed by atoms with E-state index in [1.807, 2.05) is 6.26 Å². The van der Waals surface area contributed by atoms with Crippen LogP contribution in [0.5, 0.6) is 0 Å². The van der Waals surface area contributed by atoms with Gasteiger partial charge < -0.3 is 14.6 Å². The third kappa shape index (κ3) is 5.43. The largest absolute Gasteiger partial charge is 0.465 e. The van der Waals surface area contributed by atoms with Crippen LogP contribution >= 0.6 is 11.8 Å². The first-order valence-electron chi connectivity index (χ1n) is 8.40. The normalized spacial score (nSPS) is 10.5. The molecule has 144 valence electrons. The number of esters is 1. The maximum Gasteiger partial charge on any atom is 0.337 e. The highest BCUT2D eigenvalue weighted by molar-refractivity contribution is 7.98. The molecule has 27 heavy (non-hydrogen) atoms. The molecule has 1 amide bonds. The predicted molar refractivity (Wildman–Crippen MR) is 104 cm³/mol. The average Bonchev–Trinajstić information content (AvgIpc) is 2.66. The molecule has 0 saturated carbocycles. The number of nitrogens with one attached hydrogen (secondary N) is 1. The standard InChI is InChI=1S/C19H23N3O4S/c1-12-15(17(24)21-19(20-12)27-4)9-10-16(23)22(2)11-13-5-7-14(8-6-13)18(25)26-3/h5-8H,9-11H2,1-4H3,(H,20,21,24). The number of amides is 1. The van der Waals surface area contributed by atoms with Crippen molar-refractivity contribution >= 4 is 23.6 Å². The van der Waals surface area contributed by atoms with Gasteiger partial charge in [-0.1, -0.05) is 23.9 Å². The number of carbonyl (C=O) groups excluding carboxylic acids is 2. The summed E-state index contributed by atoms with van der Waals surface area (Å²) < 4.78 is 4.67. The SMILES string of the molecule is COC(=O)c1ccc(CN(C)C(=O)CCc2c(C)nc(SC)[nH]c2=O)cc1. The number of nitrogens with zero attached hydrogens (tertiary/aromatic N) is 2. The third-order valence-electron chi connectivity index (χ3n) is 4.20. The number of carbonyl (C=O) groups is 2. The minimum absolute atomic E-state index is 0.0696. The van der Waals surface area contributed by atoms with E-state index >= 15 is 0 Å². The highest BCUT2D eigenvalue weighted by atomic mass is 32.2. The van der Waals surface area contributed by atoms with Crippen LogP contribution in [0.25, 0.3) is 0 Å². The maximum absolute atomic E-state index is 12.4. The molecule has 2 aromatic rings. The topological polar surface area (TPSA) is 92.4 Å². The summed E-state index contributed by atoms with van der Waals surface area (Å²) in [4.78, 5) is 44.6. The highest BCUT2D eigenvalue weighted by Gasteiger charge is 2.14. The number of hydrogen-bond donors (Lipinski definition) is 1. The van der Waals surface area contributed by atoms with Crippen molar-refractivity contribution in [3.8, 4) is 0 Å². The number of aryl methyl sites for hydroxylation is 1. The van der Waals surface area contributed by atoms with Crippen LogP contribution in [0.4, 0.5) is 0 Å². The van der Waals surface area contributed by atoms with Crippen LogP contribution in [-0.2, 0) is 22.5 Å². The van der Waals surface area contributed by atoms with Gasteiger partial charge in [0.2, 0.25) is 5.91 Å². The van der Waals surface area contributed by atoms with Gasteiger partial charge in [0.15, 0.2) is 5.16 Å². The molecule has 0 bridgehead atoms. The molecule has 0 aliphatic rings. The highest BCUT2D eigenvalue weighted by Crippen LogP contribution is 2.12. The maximum atomic E-state index is 12.4. The molecule has 2 rings (SSSR count). The first-order chi connectivity index (χ1) is 12.8. The van der Waals surface area contributed by atoms with Crippen LogP contribution < -0.4 is 5.56 Å². The molecule has 1 aromatic carbocycles. The van der Waals surface area contributed by atoms with Gasteiger partial charge in [-0.3, -0.25) is 9.59 Å². The van der Waals surface area contributed by atoms with Crippen molar-refractivity contribution in [2.75, 3.05) is 20.4 Å². The molecule has 0 unspecified atom stereocenters. The Morgan fingerprint density at radius 1 is 1.26 bits per heavy atom. The molecule has 0 aliphatic heterocycles. The summed E-state index contributed by atoms with van der Waals surface area (Å²) in [5.74, 6) is -0.465. The number of methoxy groups -OCH3 is 1. The van der Waals surface area contributed by atoms with Crippen LogP contribution in [-0.4, -0.2) is 47.2 Å². The van der Waals surface area contributed by atoms with E-state index in [0.29, 0.717) is 34.9 Å². The van der Waals surface area contributed by atoms with Gasteiger partial charge in [0.1, 0.15) is 0 Å². The lowest BCUT2D eigenvalue weighted by Crippen LogP contribution is -2.27. The zero-order valence-corrected chi connectivity index (χ0v) is 16.7. The van der Waals surface area contributed by atoms with Gasteiger partial charge in [-0.2, -0.15) is 0 Å². The Morgan fingerprint density at radius 3 is 2.48 bits per heavy atom. The van der Waals surface area contributed by atoms with E-state index in [4.69, 9.17) is 0 Å². The second-order valence-electron chi connectivity index (χ2n) is 6.08. The Balaban J connectivity index is 1.96. The summed E-state index contributed by atoms with van der Waals surface area (Å²) in [5, 5.41) is 0.570. The first kappa shape index (κ1) is 20.7. The molecule has 0 radical (unpaired) electrons. The summed E-state index contributed by atoms with van der Waals surface area (Å²) in [6.45, 7) is 2.20. The van der Waals surface area contributed by atoms with Gasteiger partial charge >= 0.3 is 5.97 Å². The molecule has 0 fully saturated rings. The van der Waals surface area contributed by atoms with Gasteiger partial charge in [0.05, 0.1) is 12.7 Å². The van der Waals surface area contributed by atoms with Crippen molar-refractivity contribution in [3.05, 3.63) is 57.0 Å². The predicted octanol–water partition coefficient (Wildman–Crippen LogP) is 2.18. The number of H-pyrrole nitrogens is 1. The van der Waals surface area contributed by atoms with Crippen LogP contribution in [0.1, 0.15) is 33.6 Å². The smallest absolute Gasteiger partial charge is 0.337 e. The molecular formula is C19H23N3O4S. The van der Waals surface area contributed by atoms with E-state index in [-0.39, 0.29) is 17.9 Å². The van der Waals surface area contributed by atoms with Crippen LogP contribution in [0.15, 0.2) is 34.2 Å². The number of aromatic nitrogens is 2. The Bertz CT molecular complexity index is 878. The fourth-order valence-electron chi connectivity index (χ4n) is 2.62. The van der Waals surface area contributed by atoms with Crippen LogP contribution in [0.3, 0.4) is 0 Å². The summed E-state index contributed by atoms with van der Waals surface area (Å²) in [6, 6.07) is 6.91. The summed E-state index contributed by atoms with van der Waals surface area (Å²) in [7, 11) is 3.04. The molecule has 0 aliphatic carbocycles. The molecular weight excluding hydrogens is 366 g/mol. The van der Waals surface area contributed by atoms with E-state index in [0.717, 1.165) is 5.56 Å². The molecule has 7 nitrogen and oxygen atoms in total. The average molecular weight is 389 g/mol. The number of hydrogen-bond acceptors (Lipinski definition) is 6. The summed E-state index contributed by atoms with van der Waals surface area (Å²) >= 11 is 1.37. The fraction of sp³-hybridized carbons (Fsp3) is 0.368. The zero-order valence-electron chi connectivity index (χ0n) is 15.9. The Labute approximate surface area is 162 Å². The van der Waals surface area contributed by atoms with E-state index in [1.54, 1.807) is 43.1 Å². The number of rotatable bonds is 7. The number of benzene rings is 1. The second kappa shape index (κ2) is 9.36. The van der Waals surface area contributed by atoms with E-state index < -0.39 is 5.97 Å². The molecule has 8 heteroatoms. The van der Waals surface area contributed by atoms with Gasteiger partial charge in [-0.15, -0.1) is 0 Å². The molecule has 1 N–H and O–H groups in total. The van der Waals surface area contributed by atoms with Gasteiger partial charge in [0, 0.05) is 31.3 Å². The number of ether oxygens (including phenoxy) is 1. The summed E-state index contributed by atoms with van der Waals surface area (Å²) in [5.41, 5.74) is 2.36. The lowest BCUT2D eigenvalue weighted by atomic mass is 10.1. The van der Waals surface area contributed by atoms with Crippen molar-refractivity contribution in [3.63, 3.8) is 0 Å². The lowest BCUT2D eigenvalue weighted by Gasteiger charge is -2.17. The third-order valence-corrected chi connectivity index (χ3v) is 4.78. The quantitative estimate of drug-likeness (QED) is 0.443. The van der Waals surface area contributed by atoms with E-state index in [9.17, 15) is 14.4 Å². The van der Waals surface area contributed by atoms with Crippen molar-refractivity contribution in [2.45, 2.75) is 31.5 Å². The van der Waals surface area contributed by atoms with E-state index in [2.05, 4.69) is 14.7 Å². The molecule has 0 atom stereocenters. The Hall–Kier alpha value is -2.61. The number of aromatic amines is 1. The van der Waals surface area contributed by atoms with E-state index in [1.165, 1.54) is 18.9 Å². The van der Waals surface area contributed by atoms with Gasteiger partial charge in [-0.05, 0) is 37.3 Å². The summed E-state index contributed by atoms with van der Waals surface area (Å²) in [6.07, 6.45) is 2.40. The van der Waals surface area contributed by atoms with Gasteiger partial charge in [0.25, 0.3) is 5.56 Å². The molecule has 0 saturated heterocycles. The fourth-order valence-corrected chi connectivity index (χ4v) is 3.05. The minimum Gasteiger partial charge on any atom is -0.465 e. The van der Waals surface area contributed by atoms with Crippen molar-refractivity contribution in [2.24, 2.45) is 0 Å². The monoisotopic (exact) mass is 389 g/mol. The van der Waals surface area contributed by atoms with Crippen molar-refractivity contribution in [1.29, 1.82) is 0 Å². The number of thioether (sulfide) groups is 1. The molecule has 0 spiro atoms. The molecule has 1 aromatic heterocycles. The first-order valence-corrected chi connectivity index (χ1v) is 9.63. The van der Waals surface area contributed by atoms with Crippen LogP contribution in [0, 0.1) is 6.92 Å². The van der Waals surface area contributed by atoms with Gasteiger partial charge in [-0.25, -0.2) is 9.78 Å². The zero-order chi connectivity index (χ0) is 20.0. The van der Waals surface area contributed by atoms with Crippen LogP contribution in [0.2, 0.25) is 0 Å². The lowest BCUT2D eigenvalue weighted by molar-refractivity contribution is -0.130. The van der Waals surface area contributed by atoms with Crippen molar-refractivity contribution in [1.82, 2.24) is 14.9 Å². The molecule has 1 heterocycles. The Kier molecular flexibility index (Phi) is 7.18. The minimum atomic E-state index is -0.396. The van der Waals surface area contributed by atoms with Crippen molar-refractivity contribution < 1.29 is 14.3 Å². The Morgan fingerprint density at radius 2 is 1.93 bits per heavy atom.